The van der Waals surface area contributed by atoms with Crippen LogP contribution in [0.5, 0.6) is 0 Å². The molecule has 19 heavy (non-hydrogen) atoms. The minimum absolute atomic E-state index is 0.634. The number of thiazole rings is 1. The SMILES string of the molecule is Cc1nc(C)c(-c2nc3cc(C#N)ccc3n2C)s1. The zero-order chi connectivity index (χ0) is 13.6. The van der Waals surface area contributed by atoms with E-state index < -0.39 is 0 Å². The minimum Gasteiger partial charge on any atom is -0.326 e. The van der Waals surface area contributed by atoms with Gasteiger partial charge in [-0.2, -0.15) is 5.26 Å². The Morgan fingerprint density at radius 1 is 1.26 bits per heavy atom. The first-order valence-corrected chi connectivity index (χ1v) is 6.73. The highest BCUT2D eigenvalue weighted by Crippen LogP contribution is 2.31. The van der Waals surface area contributed by atoms with Crippen molar-refractivity contribution in [1.82, 2.24) is 14.5 Å². The van der Waals surface area contributed by atoms with Crippen LogP contribution in [0.25, 0.3) is 21.7 Å². The van der Waals surface area contributed by atoms with E-state index in [4.69, 9.17) is 5.26 Å². The third-order valence-corrected chi connectivity index (χ3v) is 4.19. The average molecular weight is 268 g/mol. The molecule has 1 aromatic carbocycles. The fourth-order valence-corrected chi connectivity index (χ4v) is 3.16. The lowest BCUT2D eigenvalue weighted by Crippen LogP contribution is -1.92. The Labute approximate surface area is 115 Å². The van der Waals surface area contributed by atoms with Gasteiger partial charge in [-0.15, -0.1) is 11.3 Å². The molecule has 2 heterocycles. The van der Waals surface area contributed by atoms with Crippen molar-refractivity contribution in [3.8, 4) is 16.8 Å². The number of rotatable bonds is 1. The smallest absolute Gasteiger partial charge is 0.152 e. The Morgan fingerprint density at radius 2 is 2.05 bits per heavy atom. The highest BCUT2D eigenvalue weighted by Gasteiger charge is 2.15. The summed E-state index contributed by atoms with van der Waals surface area (Å²) < 4.78 is 2.05. The maximum Gasteiger partial charge on any atom is 0.152 e. The van der Waals surface area contributed by atoms with Crippen molar-refractivity contribution in [3.05, 3.63) is 34.5 Å². The lowest BCUT2D eigenvalue weighted by atomic mass is 10.2. The number of aromatic nitrogens is 3. The van der Waals surface area contributed by atoms with Crippen LogP contribution in [0.3, 0.4) is 0 Å². The van der Waals surface area contributed by atoms with Gasteiger partial charge < -0.3 is 4.57 Å². The summed E-state index contributed by atoms with van der Waals surface area (Å²) >= 11 is 1.65. The Kier molecular flexibility index (Phi) is 2.61. The van der Waals surface area contributed by atoms with Crippen molar-refractivity contribution in [2.75, 3.05) is 0 Å². The van der Waals surface area contributed by atoms with E-state index >= 15 is 0 Å². The predicted molar refractivity (Wildman–Crippen MR) is 76.0 cm³/mol. The molecule has 0 aliphatic carbocycles. The lowest BCUT2D eigenvalue weighted by molar-refractivity contribution is 0.959. The number of hydrogen-bond donors (Lipinski definition) is 0. The molecule has 0 spiro atoms. The zero-order valence-corrected chi connectivity index (χ0v) is 11.7. The van der Waals surface area contributed by atoms with Crippen molar-refractivity contribution in [1.29, 1.82) is 5.26 Å². The van der Waals surface area contributed by atoms with Crippen LogP contribution in [-0.4, -0.2) is 14.5 Å². The second-order valence-corrected chi connectivity index (χ2v) is 5.66. The van der Waals surface area contributed by atoms with Crippen LogP contribution in [0.2, 0.25) is 0 Å². The van der Waals surface area contributed by atoms with E-state index in [-0.39, 0.29) is 0 Å². The third kappa shape index (κ3) is 1.81. The summed E-state index contributed by atoms with van der Waals surface area (Å²) in [6.45, 7) is 4.00. The van der Waals surface area contributed by atoms with Crippen LogP contribution in [0.15, 0.2) is 18.2 Å². The molecule has 3 rings (SSSR count). The molecule has 5 heteroatoms. The monoisotopic (exact) mass is 268 g/mol. The molecule has 0 aliphatic heterocycles. The maximum atomic E-state index is 8.95. The van der Waals surface area contributed by atoms with Crippen molar-refractivity contribution in [2.45, 2.75) is 13.8 Å². The van der Waals surface area contributed by atoms with Crippen molar-refractivity contribution < 1.29 is 0 Å². The molecule has 0 saturated carbocycles. The van der Waals surface area contributed by atoms with Crippen LogP contribution in [0.1, 0.15) is 16.3 Å². The number of benzene rings is 1. The Morgan fingerprint density at radius 3 is 2.68 bits per heavy atom. The molecule has 0 N–H and O–H groups in total. The van der Waals surface area contributed by atoms with Gasteiger partial charge in [-0.05, 0) is 32.0 Å². The van der Waals surface area contributed by atoms with E-state index in [1.165, 1.54) is 0 Å². The quantitative estimate of drug-likeness (QED) is 0.681. The Bertz CT molecular complexity index is 820. The fraction of sp³-hybridized carbons (Fsp3) is 0.214. The summed E-state index contributed by atoms with van der Waals surface area (Å²) in [6, 6.07) is 7.72. The summed E-state index contributed by atoms with van der Waals surface area (Å²) in [4.78, 5) is 10.2. The van der Waals surface area contributed by atoms with E-state index in [1.54, 1.807) is 11.3 Å². The van der Waals surface area contributed by atoms with Crippen molar-refractivity contribution >= 4 is 22.4 Å². The third-order valence-electron chi connectivity index (χ3n) is 3.12. The molecule has 0 radical (unpaired) electrons. The van der Waals surface area contributed by atoms with Gasteiger partial charge >= 0.3 is 0 Å². The number of nitriles is 1. The van der Waals surface area contributed by atoms with Crippen molar-refractivity contribution in [2.24, 2.45) is 7.05 Å². The number of hydrogen-bond acceptors (Lipinski definition) is 4. The van der Waals surface area contributed by atoms with Gasteiger partial charge in [-0.25, -0.2) is 9.97 Å². The highest BCUT2D eigenvalue weighted by atomic mass is 32.1. The molecule has 0 aliphatic rings. The number of nitrogens with zero attached hydrogens (tertiary/aromatic N) is 4. The molecule has 0 bridgehead atoms. The summed E-state index contributed by atoms with van der Waals surface area (Å²) in [5, 5.41) is 9.98. The summed E-state index contributed by atoms with van der Waals surface area (Å²) in [5.41, 5.74) is 3.51. The van der Waals surface area contributed by atoms with Crippen molar-refractivity contribution in [3.63, 3.8) is 0 Å². The minimum atomic E-state index is 0.634. The normalized spacial score (nSPS) is 10.8. The van der Waals surface area contributed by atoms with Gasteiger partial charge in [-0.3, -0.25) is 0 Å². The fourth-order valence-electron chi connectivity index (χ4n) is 2.21. The van der Waals surface area contributed by atoms with Crippen LogP contribution in [-0.2, 0) is 7.05 Å². The molecule has 2 aromatic heterocycles. The summed E-state index contributed by atoms with van der Waals surface area (Å²) in [6.07, 6.45) is 0. The molecule has 3 aromatic rings. The molecular weight excluding hydrogens is 256 g/mol. The van der Waals surface area contributed by atoms with Crippen LogP contribution in [0, 0.1) is 25.2 Å². The van der Waals surface area contributed by atoms with E-state index in [0.29, 0.717) is 5.56 Å². The van der Waals surface area contributed by atoms with E-state index in [0.717, 1.165) is 32.4 Å². The van der Waals surface area contributed by atoms with Gasteiger partial charge in [-0.1, -0.05) is 0 Å². The average Bonchev–Trinajstić information content (AvgIpc) is 2.89. The molecule has 0 saturated heterocycles. The first kappa shape index (κ1) is 11.9. The predicted octanol–water partition coefficient (Wildman–Crippen LogP) is 3.19. The zero-order valence-electron chi connectivity index (χ0n) is 10.9. The molecule has 94 valence electrons. The summed E-state index contributed by atoms with van der Waals surface area (Å²) in [7, 11) is 1.99. The van der Waals surface area contributed by atoms with Gasteiger partial charge in [0.15, 0.2) is 5.82 Å². The van der Waals surface area contributed by atoms with Gasteiger partial charge in [0.25, 0.3) is 0 Å². The maximum absolute atomic E-state index is 8.95. The molecule has 4 nitrogen and oxygen atoms in total. The lowest BCUT2D eigenvalue weighted by Gasteiger charge is -1.99. The van der Waals surface area contributed by atoms with Gasteiger partial charge in [0, 0.05) is 7.05 Å². The molecular formula is C14H12N4S. The van der Waals surface area contributed by atoms with Gasteiger partial charge in [0.2, 0.25) is 0 Å². The summed E-state index contributed by atoms with van der Waals surface area (Å²) in [5.74, 6) is 0.910. The van der Waals surface area contributed by atoms with Crippen LogP contribution in [0.4, 0.5) is 0 Å². The first-order valence-electron chi connectivity index (χ1n) is 5.91. The first-order chi connectivity index (χ1) is 9.10. The second-order valence-electron chi connectivity index (χ2n) is 4.46. The molecule has 0 atom stereocenters. The van der Waals surface area contributed by atoms with Crippen LogP contribution < -0.4 is 0 Å². The largest absolute Gasteiger partial charge is 0.326 e. The van der Waals surface area contributed by atoms with Gasteiger partial charge in [0.1, 0.15) is 0 Å². The topological polar surface area (TPSA) is 54.5 Å². The number of fused-ring (bicyclic) bond motifs is 1. The highest BCUT2D eigenvalue weighted by molar-refractivity contribution is 7.15. The second kappa shape index (κ2) is 4.18. The molecule has 0 amide bonds. The molecule has 0 unspecified atom stereocenters. The molecule has 0 fully saturated rings. The van der Waals surface area contributed by atoms with E-state index in [2.05, 4.69) is 20.6 Å². The van der Waals surface area contributed by atoms with Gasteiger partial charge in [0.05, 0.1) is 38.2 Å². The standard InChI is InChI=1S/C14H12N4S/c1-8-13(19-9(2)16-8)14-17-11-6-10(7-15)4-5-12(11)18(14)3/h4-6H,1-3H3. The number of imidazole rings is 1. The Hall–Kier alpha value is -2.19. The van der Waals surface area contributed by atoms with Crippen LogP contribution >= 0.6 is 11.3 Å². The number of aryl methyl sites for hydroxylation is 3. The Balaban J connectivity index is 2.28. The van der Waals surface area contributed by atoms with E-state index in [1.807, 2.05) is 39.1 Å². The van der Waals surface area contributed by atoms with E-state index in [9.17, 15) is 0 Å².